The van der Waals surface area contributed by atoms with Crippen LogP contribution in [0.1, 0.15) is 0 Å². The number of nitrogens with two attached hydrogens (primary N) is 1. The van der Waals surface area contributed by atoms with E-state index in [4.69, 9.17) is 10.5 Å². The first-order valence-electron chi connectivity index (χ1n) is 6.75. The minimum Gasteiger partial charge on any atom is -0.420 e. The van der Waals surface area contributed by atoms with E-state index < -0.39 is 0 Å². The molecule has 3 aromatic rings. The summed E-state index contributed by atoms with van der Waals surface area (Å²) in [5.74, 6) is 1.70. The number of hydrogen-bond donors (Lipinski definition) is 2. The van der Waals surface area contributed by atoms with Crippen molar-refractivity contribution >= 4 is 11.5 Å². The van der Waals surface area contributed by atoms with Crippen molar-refractivity contribution in [1.29, 1.82) is 0 Å². The lowest BCUT2D eigenvalue weighted by Gasteiger charge is -2.10. The zero-order valence-electron chi connectivity index (χ0n) is 12.0. The topological polar surface area (TPSA) is 86.0 Å². The summed E-state index contributed by atoms with van der Waals surface area (Å²) in [6.07, 6.45) is 4.96. The summed E-state index contributed by atoms with van der Waals surface area (Å²) < 4.78 is 5.77. The molecule has 6 heteroatoms. The highest BCUT2D eigenvalue weighted by Crippen LogP contribution is 2.31. The SMILES string of the molecule is CNc1cc(-c2cccnc2Oc2ccc(N)cn2)ccn1. The second kappa shape index (κ2) is 6.09. The third-order valence-electron chi connectivity index (χ3n) is 3.06. The number of nitrogens with one attached hydrogen (secondary N) is 1. The zero-order chi connectivity index (χ0) is 15.4. The summed E-state index contributed by atoms with van der Waals surface area (Å²) in [4.78, 5) is 12.6. The molecule has 0 spiro atoms. The van der Waals surface area contributed by atoms with Crippen molar-refractivity contribution in [3.8, 4) is 22.9 Å². The molecule has 0 amide bonds. The molecule has 0 aliphatic heterocycles. The fourth-order valence-electron chi connectivity index (χ4n) is 1.98. The van der Waals surface area contributed by atoms with Gasteiger partial charge in [-0.05, 0) is 35.9 Å². The molecule has 3 N–H and O–H groups in total. The van der Waals surface area contributed by atoms with Gasteiger partial charge >= 0.3 is 0 Å². The molecule has 0 saturated heterocycles. The van der Waals surface area contributed by atoms with Crippen LogP contribution >= 0.6 is 0 Å². The Balaban J connectivity index is 1.97. The Bertz CT molecular complexity index is 773. The average Bonchev–Trinajstić information content (AvgIpc) is 2.57. The first-order chi connectivity index (χ1) is 10.8. The van der Waals surface area contributed by atoms with E-state index in [0.29, 0.717) is 17.4 Å². The van der Waals surface area contributed by atoms with E-state index in [2.05, 4.69) is 20.3 Å². The molecule has 3 aromatic heterocycles. The number of aromatic nitrogens is 3. The van der Waals surface area contributed by atoms with Gasteiger partial charge in [-0.3, -0.25) is 0 Å². The van der Waals surface area contributed by atoms with Gasteiger partial charge in [0, 0.05) is 31.1 Å². The smallest absolute Gasteiger partial charge is 0.229 e. The maximum atomic E-state index is 5.77. The van der Waals surface area contributed by atoms with E-state index >= 15 is 0 Å². The van der Waals surface area contributed by atoms with Crippen LogP contribution in [0.15, 0.2) is 55.0 Å². The molecule has 0 unspecified atom stereocenters. The summed E-state index contributed by atoms with van der Waals surface area (Å²) in [6, 6.07) is 11.1. The number of hydrogen-bond acceptors (Lipinski definition) is 6. The van der Waals surface area contributed by atoms with Crippen molar-refractivity contribution in [1.82, 2.24) is 15.0 Å². The fraction of sp³-hybridized carbons (Fsp3) is 0.0625. The van der Waals surface area contributed by atoms with Crippen molar-refractivity contribution in [2.45, 2.75) is 0 Å². The summed E-state index contributed by atoms with van der Waals surface area (Å²) in [5.41, 5.74) is 8.03. The molecule has 0 aliphatic rings. The minimum absolute atomic E-state index is 0.442. The maximum absolute atomic E-state index is 5.77. The zero-order valence-corrected chi connectivity index (χ0v) is 12.0. The number of nitrogens with zero attached hydrogens (tertiary/aromatic N) is 3. The average molecular weight is 293 g/mol. The highest BCUT2D eigenvalue weighted by atomic mass is 16.5. The summed E-state index contributed by atoms with van der Waals surface area (Å²) in [6.45, 7) is 0. The van der Waals surface area contributed by atoms with Crippen LogP contribution in [0.5, 0.6) is 11.8 Å². The lowest BCUT2D eigenvalue weighted by molar-refractivity contribution is 0.447. The van der Waals surface area contributed by atoms with E-state index in [1.807, 2.05) is 31.3 Å². The van der Waals surface area contributed by atoms with Crippen LogP contribution in [-0.4, -0.2) is 22.0 Å². The van der Waals surface area contributed by atoms with Crippen LogP contribution in [0.3, 0.4) is 0 Å². The summed E-state index contributed by atoms with van der Waals surface area (Å²) in [7, 11) is 1.82. The minimum atomic E-state index is 0.442. The van der Waals surface area contributed by atoms with Crippen LogP contribution in [0.2, 0.25) is 0 Å². The third-order valence-corrected chi connectivity index (χ3v) is 3.06. The quantitative estimate of drug-likeness (QED) is 0.769. The standard InChI is InChI=1S/C16H15N5O/c1-18-14-9-11(6-8-19-14)13-3-2-7-20-16(13)22-15-5-4-12(17)10-21-15/h2-10H,17H2,1H3,(H,18,19). The molecular weight excluding hydrogens is 278 g/mol. The molecule has 0 saturated carbocycles. The summed E-state index contributed by atoms with van der Waals surface area (Å²) >= 11 is 0. The molecule has 110 valence electrons. The predicted molar refractivity (Wildman–Crippen MR) is 85.7 cm³/mol. The number of pyridine rings is 3. The molecule has 0 radical (unpaired) electrons. The largest absolute Gasteiger partial charge is 0.420 e. The number of rotatable bonds is 4. The molecule has 0 fully saturated rings. The molecule has 0 aromatic carbocycles. The first-order valence-corrected chi connectivity index (χ1v) is 6.75. The van der Waals surface area contributed by atoms with Crippen LogP contribution < -0.4 is 15.8 Å². The van der Waals surface area contributed by atoms with Gasteiger partial charge in [-0.25, -0.2) is 15.0 Å². The van der Waals surface area contributed by atoms with E-state index in [1.54, 1.807) is 30.7 Å². The Morgan fingerprint density at radius 1 is 1.05 bits per heavy atom. The van der Waals surface area contributed by atoms with Gasteiger partial charge in [-0.2, -0.15) is 0 Å². The number of ether oxygens (including phenoxy) is 1. The van der Waals surface area contributed by atoms with Gasteiger partial charge in [0.05, 0.1) is 11.9 Å². The van der Waals surface area contributed by atoms with Crippen molar-refractivity contribution in [2.24, 2.45) is 0 Å². The summed E-state index contributed by atoms with van der Waals surface area (Å²) in [5, 5.41) is 3.01. The Labute approximate surface area is 128 Å². The van der Waals surface area contributed by atoms with Gasteiger partial charge in [0.15, 0.2) is 0 Å². The van der Waals surface area contributed by atoms with Gasteiger partial charge in [-0.1, -0.05) is 0 Å². The van der Waals surface area contributed by atoms with Gasteiger partial charge in [0.1, 0.15) is 5.82 Å². The predicted octanol–water partition coefficient (Wildman–Crippen LogP) is 2.95. The number of nitrogen functional groups attached to an aromatic ring is 1. The Morgan fingerprint density at radius 2 is 1.95 bits per heavy atom. The van der Waals surface area contributed by atoms with Gasteiger partial charge in [0.2, 0.25) is 11.8 Å². The Morgan fingerprint density at radius 3 is 2.73 bits per heavy atom. The van der Waals surface area contributed by atoms with E-state index in [1.165, 1.54) is 0 Å². The van der Waals surface area contributed by atoms with Gasteiger partial charge in [0.25, 0.3) is 0 Å². The molecule has 22 heavy (non-hydrogen) atoms. The lowest BCUT2D eigenvalue weighted by atomic mass is 10.1. The highest BCUT2D eigenvalue weighted by molar-refractivity contribution is 5.70. The van der Waals surface area contributed by atoms with Crippen LogP contribution in [-0.2, 0) is 0 Å². The van der Waals surface area contributed by atoms with E-state index in [-0.39, 0.29) is 0 Å². The van der Waals surface area contributed by atoms with Crippen molar-refractivity contribution in [3.63, 3.8) is 0 Å². The van der Waals surface area contributed by atoms with Crippen molar-refractivity contribution < 1.29 is 4.74 Å². The molecular formula is C16H15N5O. The normalized spacial score (nSPS) is 10.2. The third kappa shape index (κ3) is 2.95. The highest BCUT2D eigenvalue weighted by Gasteiger charge is 2.10. The second-order valence-corrected chi connectivity index (χ2v) is 4.57. The second-order valence-electron chi connectivity index (χ2n) is 4.57. The Hall–Kier alpha value is -3.15. The lowest BCUT2D eigenvalue weighted by Crippen LogP contribution is -1.96. The molecule has 3 rings (SSSR count). The van der Waals surface area contributed by atoms with Crippen LogP contribution in [0.25, 0.3) is 11.1 Å². The van der Waals surface area contributed by atoms with Crippen LogP contribution in [0.4, 0.5) is 11.5 Å². The monoisotopic (exact) mass is 293 g/mol. The maximum Gasteiger partial charge on any atom is 0.229 e. The van der Waals surface area contributed by atoms with Gasteiger partial charge < -0.3 is 15.8 Å². The van der Waals surface area contributed by atoms with Crippen LogP contribution in [0, 0.1) is 0 Å². The number of anilines is 2. The molecule has 3 heterocycles. The molecule has 0 aliphatic carbocycles. The van der Waals surface area contributed by atoms with Crippen molar-refractivity contribution in [3.05, 3.63) is 55.0 Å². The van der Waals surface area contributed by atoms with E-state index in [0.717, 1.165) is 16.9 Å². The molecule has 0 atom stereocenters. The van der Waals surface area contributed by atoms with E-state index in [9.17, 15) is 0 Å². The molecule has 6 nitrogen and oxygen atoms in total. The first kappa shape index (κ1) is 13.8. The van der Waals surface area contributed by atoms with Gasteiger partial charge in [-0.15, -0.1) is 0 Å². The fourth-order valence-corrected chi connectivity index (χ4v) is 1.98. The van der Waals surface area contributed by atoms with Crippen molar-refractivity contribution in [2.75, 3.05) is 18.1 Å². The Kier molecular flexibility index (Phi) is 3.82. The molecule has 0 bridgehead atoms.